The highest BCUT2D eigenvalue weighted by molar-refractivity contribution is 7.92. The third kappa shape index (κ3) is 3.26. The van der Waals surface area contributed by atoms with E-state index in [9.17, 15) is 8.42 Å². The second kappa shape index (κ2) is 5.89. The lowest BCUT2D eigenvalue weighted by Crippen LogP contribution is -2.13. The van der Waals surface area contributed by atoms with Gasteiger partial charge in [0.15, 0.2) is 0 Å². The Morgan fingerprint density at radius 3 is 2.38 bits per heavy atom. The van der Waals surface area contributed by atoms with Crippen LogP contribution in [0.15, 0.2) is 35.4 Å². The van der Waals surface area contributed by atoms with Gasteiger partial charge in [-0.1, -0.05) is 26.0 Å². The van der Waals surface area contributed by atoms with Crippen LogP contribution < -0.4 is 4.72 Å². The molecule has 1 aromatic carbocycles. The molecule has 1 N–H and O–H groups in total. The van der Waals surface area contributed by atoms with Crippen LogP contribution in [0.1, 0.15) is 37.4 Å². The molecule has 0 aliphatic carbocycles. The summed E-state index contributed by atoms with van der Waals surface area (Å²) in [7, 11) is -1.80. The Kier molecular flexibility index (Phi) is 4.37. The molecule has 0 bridgehead atoms. The first kappa shape index (κ1) is 15.6. The minimum absolute atomic E-state index is 0.262. The van der Waals surface area contributed by atoms with Gasteiger partial charge in [-0.25, -0.2) is 8.42 Å². The van der Waals surface area contributed by atoms with E-state index in [1.54, 1.807) is 23.9 Å². The zero-order chi connectivity index (χ0) is 15.6. The first-order valence-electron chi connectivity index (χ1n) is 6.96. The van der Waals surface area contributed by atoms with E-state index in [1.807, 2.05) is 19.1 Å². The summed E-state index contributed by atoms with van der Waals surface area (Å²) in [5.41, 5.74) is 2.42. The van der Waals surface area contributed by atoms with Crippen LogP contribution in [-0.4, -0.2) is 18.2 Å². The molecule has 1 heterocycles. The van der Waals surface area contributed by atoms with Crippen LogP contribution in [0, 0.1) is 6.92 Å². The summed E-state index contributed by atoms with van der Waals surface area (Å²) in [6.45, 7) is 6.06. The zero-order valence-corrected chi connectivity index (χ0v) is 13.6. The van der Waals surface area contributed by atoms with Gasteiger partial charge in [-0.3, -0.25) is 9.40 Å². The highest BCUT2D eigenvalue weighted by Gasteiger charge is 2.17. The summed E-state index contributed by atoms with van der Waals surface area (Å²) < 4.78 is 28.9. The number of anilines is 1. The summed E-state index contributed by atoms with van der Waals surface area (Å²) in [5.74, 6) is 0.426. The molecule has 2 rings (SSSR count). The molecular formula is C15H21N3O2S. The maximum Gasteiger partial charge on any atom is 0.262 e. The molecule has 0 aliphatic heterocycles. The second-order valence-electron chi connectivity index (χ2n) is 5.25. The van der Waals surface area contributed by atoms with Crippen molar-refractivity contribution in [3.8, 4) is 0 Å². The van der Waals surface area contributed by atoms with Crippen LogP contribution >= 0.6 is 0 Å². The highest BCUT2D eigenvalue weighted by atomic mass is 32.2. The minimum atomic E-state index is -3.58. The third-order valence-electron chi connectivity index (χ3n) is 3.85. The molecule has 0 saturated heterocycles. The van der Waals surface area contributed by atoms with Crippen molar-refractivity contribution in [2.45, 2.75) is 38.0 Å². The van der Waals surface area contributed by atoms with Crippen molar-refractivity contribution in [1.29, 1.82) is 0 Å². The lowest BCUT2D eigenvalue weighted by molar-refractivity contribution is 0.601. The predicted octanol–water partition coefficient (Wildman–Crippen LogP) is 3.04. The van der Waals surface area contributed by atoms with Gasteiger partial charge < -0.3 is 0 Å². The van der Waals surface area contributed by atoms with Crippen molar-refractivity contribution in [3.63, 3.8) is 0 Å². The minimum Gasteiger partial charge on any atom is -0.276 e. The molecule has 1 atom stereocenters. The van der Waals surface area contributed by atoms with Crippen LogP contribution in [0.3, 0.4) is 0 Å². The van der Waals surface area contributed by atoms with Crippen LogP contribution in [0.5, 0.6) is 0 Å². The number of hydrogen-bond acceptors (Lipinski definition) is 3. The Morgan fingerprint density at radius 1 is 1.29 bits per heavy atom. The smallest absolute Gasteiger partial charge is 0.262 e. The van der Waals surface area contributed by atoms with E-state index in [4.69, 9.17) is 0 Å². The van der Waals surface area contributed by atoms with Crippen LogP contribution in [0.4, 0.5) is 5.69 Å². The fourth-order valence-electron chi connectivity index (χ4n) is 2.01. The fourth-order valence-corrected chi connectivity index (χ4v) is 3.12. The quantitative estimate of drug-likeness (QED) is 0.923. The molecule has 2 aromatic rings. The Morgan fingerprint density at radius 2 is 1.90 bits per heavy atom. The van der Waals surface area contributed by atoms with E-state index in [0.717, 1.165) is 17.7 Å². The van der Waals surface area contributed by atoms with E-state index in [0.29, 0.717) is 11.6 Å². The molecule has 1 aromatic heterocycles. The van der Waals surface area contributed by atoms with Crippen LogP contribution in [0.2, 0.25) is 0 Å². The van der Waals surface area contributed by atoms with Crippen LogP contribution in [0.25, 0.3) is 0 Å². The first-order valence-corrected chi connectivity index (χ1v) is 8.45. The molecule has 21 heavy (non-hydrogen) atoms. The normalized spacial score (nSPS) is 13.1. The van der Waals surface area contributed by atoms with E-state index < -0.39 is 10.0 Å². The Hall–Kier alpha value is -1.82. The van der Waals surface area contributed by atoms with Crippen molar-refractivity contribution < 1.29 is 8.42 Å². The van der Waals surface area contributed by atoms with Gasteiger partial charge in [0.2, 0.25) is 0 Å². The monoisotopic (exact) mass is 307 g/mol. The maximum atomic E-state index is 12.4. The largest absolute Gasteiger partial charge is 0.276 e. The summed E-state index contributed by atoms with van der Waals surface area (Å²) >= 11 is 0. The average molecular weight is 307 g/mol. The summed E-state index contributed by atoms with van der Waals surface area (Å²) in [5, 5.41) is 4.03. The topological polar surface area (TPSA) is 64.0 Å². The number of rotatable bonds is 5. The van der Waals surface area contributed by atoms with Gasteiger partial charge >= 0.3 is 0 Å². The zero-order valence-electron chi connectivity index (χ0n) is 12.8. The van der Waals surface area contributed by atoms with Crippen molar-refractivity contribution in [3.05, 3.63) is 41.7 Å². The lowest BCUT2D eigenvalue weighted by atomic mass is 9.99. The van der Waals surface area contributed by atoms with Crippen LogP contribution in [-0.2, 0) is 17.1 Å². The number of nitrogens with one attached hydrogen (secondary N) is 1. The number of sulfonamides is 1. The van der Waals surface area contributed by atoms with Crippen molar-refractivity contribution in [1.82, 2.24) is 9.78 Å². The summed E-state index contributed by atoms with van der Waals surface area (Å²) in [6, 6.07) is 7.04. The lowest BCUT2D eigenvalue weighted by Gasteiger charge is -2.11. The number of benzene rings is 1. The molecule has 5 nitrogen and oxygen atoms in total. The molecule has 114 valence electrons. The van der Waals surface area contributed by atoms with Gasteiger partial charge in [-0.05, 0) is 37.0 Å². The second-order valence-corrected chi connectivity index (χ2v) is 6.93. The molecule has 0 spiro atoms. The SMILES string of the molecule is CCC(C)c1ccc(S(=O)(=O)Nc2cnn(C)c2C)cc1. The molecule has 1 unspecified atom stereocenters. The predicted molar refractivity (Wildman–Crippen MR) is 83.9 cm³/mol. The maximum absolute atomic E-state index is 12.4. The molecule has 0 radical (unpaired) electrons. The van der Waals surface area contributed by atoms with E-state index in [2.05, 4.69) is 23.7 Å². The number of nitrogens with zero attached hydrogens (tertiary/aromatic N) is 2. The fraction of sp³-hybridized carbons (Fsp3) is 0.400. The van der Waals surface area contributed by atoms with Gasteiger partial charge in [0.1, 0.15) is 0 Å². The average Bonchev–Trinajstić information content (AvgIpc) is 2.78. The Balaban J connectivity index is 2.25. The third-order valence-corrected chi connectivity index (χ3v) is 5.23. The molecule has 0 amide bonds. The van der Waals surface area contributed by atoms with Crippen molar-refractivity contribution in [2.75, 3.05) is 4.72 Å². The highest BCUT2D eigenvalue weighted by Crippen LogP contribution is 2.22. The van der Waals surface area contributed by atoms with E-state index in [-0.39, 0.29) is 4.90 Å². The Labute approximate surface area is 126 Å². The van der Waals surface area contributed by atoms with Crippen molar-refractivity contribution in [2.24, 2.45) is 7.05 Å². The molecule has 0 aliphatic rings. The number of aromatic nitrogens is 2. The molecule has 0 saturated carbocycles. The summed E-state index contributed by atoms with van der Waals surface area (Å²) in [4.78, 5) is 0.262. The van der Waals surface area contributed by atoms with Gasteiger partial charge in [0.25, 0.3) is 10.0 Å². The summed E-state index contributed by atoms with van der Waals surface area (Å²) in [6.07, 6.45) is 2.54. The van der Waals surface area contributed by atoms with E-state index in [1.165, 1.54) is 6.20 Å². The van der Waals surface area contributed by atoms with Gasteiger partial charge in [-0.15, -0.1) is 0 Å². The molecular weight excluding hydrogens is 286 g/mol. The Bertz CT molecular complexity index is 718. The van der Waals surface area contributed by atoms with Gasteiger partial charge in [0.05, 0.1) is 22.5 Å². The van der Waals surface area contributed by atoms with Crippen molar-refractivity contribution >= 4 is 15.7 Å². The number of aryl methyl sites for hydroxylation is 1. The van der Waals surface area contributed by atoms with Gasteiger partial charge in [0, 0.05) is 7.05 Å². The van der Waals surface area contributed by atoms with Gasteiger partial charge in [-0.2, -0.15) is 5.10 Å². The standard InChI is InChI=1S/C15H21N3O2S/c1-5-11(2)13-6-8-14(9-7-13)21(19,20)17-15-10-16-18(4)12(15)3/h6-11,17H,5H2,1-4H3. The van der Waals surface area contributed by atoms with E-state index >= 15 is 0 Å². The molecule has 6 heteroatoms. The molecule has 0 fully saturated rings. The first-order chi connectivity index (χ1) is 9.85. The number of hydrogen-bond donors (Lipinski definition) is 1.